The molecule has 1 N–H and O–H groups in total. The lowest BCUT2D eigenvalue weighted by Crippen LogP contribution is -1.95. The van der Waals surface area contributed by atoms with Gasteiger partial charge in [0.2, 0.25) is 0 Å². The molecular weight excluding hydrogens is 206 g/mol. The Bertz CT molecular complexity index is 672. The van der Waals surface area contributed by atoms with Gasteiger partial charge in [-0.05, 0) is 34.5 Å². The fourth-order valence-electron chi connectivity index (χ4n) is 2.42. The molecular formula is C16H13N. The molecule has 3 aromatic carbocycles. The monoisotopic (exact) mass is 219 g/mol. The second kappa shape index (κ2) is 3.70. The Kier molecular flexibility index (Phi) is 2.19. The molecule has 0 aromatic heterocycles. The molecule has 0 spiro atoms. The highest BCUT2D eigenvalue weighted by molar-refractivity contribution is 6.18. The summed E-state index contributed by atoms with van der Waals surface area (Å²) in [6, 6.07) is 18.7. The van der Waals surface area contributed by atoms with Crippen molar-refractivity contribution >= 4 is 27.3 Å². The van der Waals surface area contributed by atoms with Gasteiger partial charge in [-0.25, -0.2) is 0 Å². The van der Waals surface area contributed by atoms with Crippen LogP contribution < -0.4 is 0 Å². The number of benzene rings is 3. The molecule has 82 valence electrons. The summed E-state index contributed by atoms with van der Waals surface area (Å²) in [6.45, 7) is 1.86. The van der Waals surface area contributed by atoms with Gasteiger partial charge in [0.15, 0.2) is 0 Å². The largest absolute Gasteiger partial charge is 0.305 e. The molecule has 0 aliphatic carbocycles. The Morgan fingerprint density at radius 2 is 1.29 bits per heavy atom. The fraction of sp³-hybridized carbons (Fsp3) is 0.0625. The highest BCUT2D eigenvalue weighted by atomic mass is 14.4. The number of hydrogen-bond donors (Lipinski definition) is 1. The standard InChI is InChI=1S/C16H13N/c1-11(17)16-14-8-4-2-6-12(14)10-13-7-3-5-9-15(13)16/h2-10,17H,1H3. The first-order chi connectivity index (χ1) is 8.27. The first-order valence-corrected chi connectivity index (χ1v) is 5.73. The molecule has 17 heavy (non-hydrogen) atoms. The molecule has 0 bridgehead atoms. The van der Waals surface area contributed by atoms with E-state index in [0.717, 1.165) is 5.56 Å². The van der Waals surface area contributed by atoms with Crippen LogP contribution in [0.2, 0.25) is 0 Å². The second-order valence-corrected chi connectivity index (χ2v) is 4.32. The van der Waals surface area contributed by atoms with E-state index in [9.17, 15) is 0 Å². The average Bonchev–Trinajstić information content (AvgIpc) is 2.35. The maximum atomic E-state index is 8.00. The summed E-state index contributed by atoms with van der Waals surface area (Å²) in [6.07, 6.45) is 0. The summed E-state index contributed by atoms with van der Waals surface area (Å²) in [5, 5.41) is 12.7. The van der Waals surface area contributed by atoms with Crippen LogP contribution in [0, 0.1) is 5.41 Å². The Balaban J connectivity index is 2.61. The van der Waals surface area contributed by atoms with E-state index in [2.05, 4.69) is 30.3 Å². The van der Waals surface area contributed by atoms with E-state index in [1.165, 1.54) is 21.5 Å². The van der Waals surface area contributed by atoms with Gasteiger partial charge in [-0.15, -0.1) is 0 Å². The summed E-state index contributed by atoms with van der Waals surface area (Å²) in [4.78, 5) is 0. The summed E-state index contributed by atoms with van der Waals surface area (Å²) >= 11 is 0. The molecule has 0 amide bonds. The van der Waals surface area contributed by atoms with Gasteiger partial charge in [0, 0.05) is 11.3 Å². The highest BCUT2D eigenvalue weighted by Crippen LogP contribution is 2.28. The van der Waals surface area contributed by atoms with Crippen molar-refractivity contribution < 1.29 is 0 Å². The lowest BCUT2D eigenvalue weighted by molar-refractivity contribution is 1.48. The van der Waals surface area contributed by atoms with Crippen molar-refractivity contribution in [3.63, 3.8) is 0 Å². The molecule has 0 saturated carbocycles. The molecule has 0 heterocycles. The van der Waals surface area contributed by atoms with Gasteiger partial charge in [-0.1, -0.05) is 48.5 Å². The zero-order chi connectivity index (χ0) is 11.8. The van der Waals surface area contributed by atoms with Crippen LogP contribution in [0.4, 0.5) is 0 Å². The number of fused-ring (bicyclic) bond motifs is 2. The van der Waals surface area contributed by atoms with E-state index in [1.54, 1.807) is 0 Å². The fourth-order valence-corrected chi connectivity index (χ4v) is 2.42. The van der Waals surface area contributed by atoms with Crippen LogP contribution in [0.1, 0.15) is 12.5 Å². The molecule has 1 nitrogen and oxygen atoms in total. The molecule has 0 atom stereocenters. The van der Waals surface area contributed by atoms with Gasteiger partial charge in [0.1, 0.15) is 0 Å². The molecule has 0 radical (unpaired) electrons. The molecule has 3 aromatic rings. The number of nitrogens with one attached hydrogen (secondary N) is 1. The average molecular weight is 219 g/mol. The lowest BCUT2D eigenvalue weighted by Gasteiger charge is -2.10. The summed E-state index contributed by atoms with van der Waals surface area (Å²) in [5.74, 6) is 0. The normalized spacial score (nSPS) is 10.9. The minimum Gasteiger partial charge on any atom is -0.305 e. The predicted molar refractivity (Wildman–Crippen MR) is 74.0 cm³/mol. The van der Waals surface area contributed by atoms with Gasteiger partial charge in [0.25, 0.3) is 0 Å². The summed E-state index contributed by atoms with van der Waals surface area (Å²) < 4.78 is 0. The topological polar surface area (TPSA) is 23.9 Å². The maximum absolute atomic E-state index is 8.00. The Morgan fingerprint density at radius 3 is 1.76 bits per heavy atom. The third-order valence-electron chi connectivity index (χ3n) is 3.15. The van der Waals surface area contributed by atoms with Crippen molar-refractivity contribution in [2.75, 3.05) is 0 Å². The van der Waals surface area contributed by atoms with Crippen LogP contribution in [-0.2, 0) is 0 Å². The van der Waals surface area contributed by atoms with E-state index >= 15 is 0 Å². The van der Waals surface area contributed by atoms with Gasteiger partial charge in [0.05, 0.1) is 0 Å². The first-order valence-electron chi connectivity index (χ1n) is 5.73. The number of hydrogen-bond acceptors (Lipinski definition) is 1. The zero-order valence-electron chi connectivity index (χ0n) is 9.70. The van der Waals surface area contributed by atoms with Crippen molar-refractivity contribution in [3.05, 3.63) is 60.2 Å². The van der Waals surface area contributed by atoms with Crippen molar-refractivity contribution in [1.82, 2.24) is 0 Å². The van der Waals surface area contributed by atoms with Crippen molar-refractivity contribution in [1.29, 1.82) is 5.41 Å². The van der Waals surface area contributed by atoms with Crippen LogP contribution in [0.3, 0.4) is 0 Å². The van der Waals surface area contributed by atoms with Crippen LogP contribution in [0.25, 0.3) is 21.5 Å². The number of rotatable bonds is 1. The first kappa shape index (κ1) is 10.0. The Labute approximate surface area is 100 Å². The molecule has 0 aliphatic heterocycles. The van der Waals surface area contributed by atoms with Crippen LogP contribution in [0.15, 0.2) is 54.6 Å². The maximum Gasteiger partial charge on any atom is 0.0367 e. The molecule has 3 rings (SSSR count). The van der Waals surface area contributed by atoms with E-state index < -0.39 is 0 Å². The van der Waals surface area contributed by atoms with Crippen LogP contribution >= 0.6 is 0 Å². The van der Waals surface area contributed by atoms with E-state index in [4.69, 9.17) is 5.41 Å². The predicted octanol–water partition coefficient (Wildman–Crippen LogP) is 4.38. The smallest absolute Gasteiger partial charge is 0.0367 e. The Morgan fingerprint density at radius 1 is 0.824 bits per heavy atom. The van der Waals surface area contributed by atoms with Gasteiger partial charge < -0.3 is 5.41 Å². The minimum atomic E-state index is 0.623. The second-order valence-electron chi connectivity index (χ2n) is 4.32. The van der Waals surface area contributed by atoms with Gasteiger partial charge in [-0.2, -0.15) is 0 Å². The van der Waals surface area contributed by atoms with E-state index in [1.807, 2.05) is 31.2 Å². The third kappa shape index (κ3) is 1.51. The van der Waals surface area contributed by atoms with Crippen LogP contribution in [0.5, 0.6) is 0 Å². The third-order valence-corrected chi connectivity index (χ3v) is 3.15. The SMILES string of the molecule is CC(=N)c1c2ccccc2cc2ccccc12. The lowest BCUT2D eigenvalue weighted by atomic mass is 9.94. The van der Waals surface area contributed by atoms with Crippen LogP contribution in [-0.4, -0.2) is 5.71 Å². The van der Waals surface area contributed by atoms with E-state index in [-0.39, 0.29) is 0 Å². The van der Waals surface area contributed by atoms with Gasteiger partial charge >= 0.3 is 0 Å². The molecule has 0 saturated heterocycles. The quantitative estimate of drug-likeness (QED) is 0.464. The Hall–Kier alpha value is -2.15. The zero-order valence-corrected chi connectivity index (χ0v) is 9.70. The minimum absolute atomic E-state index is 0.623. The van der Waals surface area contributed by atoms with Crippen molar-refractivity contribution in [2.45, 2.75) is 6.92 Å². The van der Waals surface area contributed by atoms with Crippen molar-refractivity contribution in [3.8, 4) is 0 Å². The highest BCUT2D eigenvalue weighted by Gasteiger charge is 2.08. The molecule has 0 unspecified atom stereocenters. The summed E-state index contributed by atoms with van der Waals surface area (Å²) in [5.41, 5.74) is 1.68. The molecule has 0 fully saturated rings. The van der Waals surface area contributed by atoms with Gasteiger partial charge in [-0.3, -0.25) is 0 Å². The molecule has 0 aliphatic rings. The summed E-state index contributed by atoms with van der Waals surface area (Å²) in [7, 11) is 0. The van der Waals surface area contributed by atoms with Crippen molar-refractivity contribution in [2.24, 2.45) is 0 Å². The molecule has 1 heteroatoms. The van der Waals surface area contributed by atoms with E-state index in [0.29, 0.717) is 5.71 Å².